The second-order valence-electron chi connectivity index (χ2n) is 8.72. The summed E-state index contributed by atoms with van der Waals surface area (Å²) in [5.41, 5.74) is 3.72. The maximum absolute atomic E-state index is 13.2. The maximum Gasteiger partial charge on any atom is 0.272 e. The molecule has 0 N–H and O–H groups in total. The summed E-state index contributed by atoms with van der Waals surface area (Å²) >= 11 is 0. The van der Waals surface area contributed by atoms with Gasteiger partial charge in [0.2, 0.25) is 0 Å². The van der Waals surface area contributed by atoms with Gasteiger partial charge in [-0.2, -0.15) is 5.10 Å². The molecular formula is C23H30N6O. The number of carbonyl (C=O) groups is 1. The Kier molecular flexibility index (Phi) is 5.81. The minimum absolute atomic E-state index is 0.00387. The molecule has 7 nitrogen and oxygen atoms in total. The fourth-order valence-corrected chi connectivity index (χ4v) is 3.97. The van der Waals surface area contributed by atoms with Crippen molar-refractivity contribution < 1.29 is 4.79 Å². The first-order valence-electron chi connectivity index (χ1n) is 10.8. The van der Waals surface area contributed by atoms with Gasteiger partial charge in [-0.1, -0.05) is 33.8 Å². The van der Waals surface area contributed by atoms with E-state index in [9.17, 15) is 4.79 Å². The second-order valence-corrected chi connectivity index (χ2v) is 8.72. The van der Waals surface area contributed by atoms with Gasteiger partial charge in [-0.15, -0.1) is 0 Å². The summed E-state index contributed by atoms with van der Waals surface area (Å²) in [4.78, 5) is 26.7. The van der Waals surface area contributed by atoms with E-state index in [4.69, 9.17) is 5.10 Å². The molecule has 3 aromatic rings. The molecule has 4 heterocycles. The van der Waals surface area contributed by atoms with E-state index < -0.39 is 0 Å². The Labute approximate surface area is 177 Å². The summed E-state index contributed by atoms with van der Waals surface area (Å²) in [6, 6.07) is 9.56. The molecule has 0 atom stereocenters. The van der Waals surface area contributed by atoms with Crippen molar-refractivity contribution >= 4 is 11.6 Å². The average Bonchev–Trinajstić information content (AvgIpc) is 3.17. The minimum atomic E-state index is 0.00387. The molecule has 1 aliphatic heterocycles. The quantitative estimate of drug-likeness (QED) is 0.650. The third-order valence-corrected chi connectivity index (χ3v) is 5.48. The monoisotopic (exact) mass is 406 g/mol. The normalized spacial score (nSPS) is 15.5. The molecule has 0 aromatic carbocycles. The molecule has 158 valence electrons. The number of fused-ring (bicyclic) bond motifs is 1. The van der Waals surface area contributed by atoms with Crippen LogP contribution in [0.1, 0.15) is 49.8 Å². The SMILES string of the molecule is CC(C)CN1CCN(C(=O)c2cc(C(C)C)n3nc(-c4ccccn4)cc3n2)CC1. The fourth-order valence-electron chi connectivity index (χ4n) is 3.97. The number of aromatic nitrogens is 4. The van der Waals surface area contributed by atoms with Crippen LogP contribution in [0.4, 0.5) is 0 Å². The van der Waals surface area contributed by atoms with Crippen molar-refractivity contribution in [3.8, 4) is 11.4 Å². The van der Waals surface area contributed by atoms with Crippen LogP contribution in [0.2, 0.25) is 0 Å². The van der Waals surface area contributed by atoms with E-state index >= 15 is 0 Å². The first-order valence-corrected chi connectivity index (χ1v) is 10.8. The number of hydrogen-bond acceptors (Lipinski definition) is 5. The Hall–Kier alpha value is -2.80. The molecule has 1 amide bonds. The number of nitrogens with zero attached hydrogens (tertiary/aromatic N) is 6. The lowest BCUT2D eigenvalue weighted by atomic mass is 10.1. The number of carbonyl (C=O) groups excluding carboxylic acids is 1. The standard InChI is InChI=1S/C23H30N6O/c1-16(2)15-27-9-11-28(12-10-27)23(30)20-13-21(17(3)4)29-22(25-20)14-19(26-29)18-7-5-6-8-24-18/h5-8,13-14,16-17H,9-12,15H2,1-4H3. The Morgan fingerprint density at radius 1 is 1.03 bits per heavy atom. The van der Waals surface area contributed by atoms with Crippen LogP contribution < -0.4 is 0 Å². The van der Waals surface area contributed by atoms with E-state index in [0.29, 0.717) is 17.3 Å². The van der Waals surface area contributed by atoms with E-state index in [-0.39, 0.29) is 11.8 Å². The van der Waals surface area contributed by atoms with Gasteiger partial charge >= 0.3 is 0 Å². The lowest BCUT2D eigenvalue weighted by Gasteiger charge is -2.35. The van der Waals surface area contributed by atoms with Gasteiger partial charge < -0.3 is 4.90 Å². The van der Waals surface area contributed by atoms with Crippen molar-refractivity contribution in [2.24, 2.45) is 5.92 Å². The Morgan fingerprint density at radius 2 is 1.80 bits per heavy atom. The van der Waals surface area contributed by atoms with Gasteiger partial charge in [0.1, 0.15) is 11.4 Å². The molecule has 4 rings (SSSR count). The zero-order valence-corrected chi connectivity index (χ0v) is 18.2. The summed E-state index contributed by atoms with van der Waals surface area (Å²) in [7, 11) is 0. The predicted molar refractivity (Wildman–Crippen MR) is 117 cm³/mol. The van der Waals surface area contributed by atoms with Crippen LogP contribution >= 0.6 is 0 Å². The molecule has 0 bridgehead atoms. The van der Waals surface area contributed by atoms with Gasteiger partial charge in [-0.05, 0) is 30.0 Å². The summed E-state index contributed by atoms with van der Waals surface area (Å²) < 4.78 is 1.84. The van der Waals surface area contributed by atoms with Crippen molar-refractivity contribution in [1.29, 1.82) is 0 Å². The van der Waals surface area contributed by atoms with Gasteiger partial charge in [0, 0.05) is 50.7 Å². The van der Waals surface area contributed by atoms with E-state index in [1.54, 1.807) is 6.20 Å². The predicted octanol–water partition coefficient (Wildman–Crippen LogP) is 3.33. The van der Waals surface area contributed by atoms with Crippen molar-refractivity contribution in [1.82, 2.24) is 29.4 Å². The molecular weight excluding hydrogens is 376 g/mol. The fraction of sp³-hybridized carbons (Fsp3) is 0.478. The number of rotatable bonds is 5. The topological polar surface area (TPSA) is 66.6 Å². The third-order valence-electron chi connectivity index (χ3n) is 5.48. The minimum Gasteiger partial charge on any atom is -0.335 e. The summed E-state index contributed by atoms with van der Waals surface area (Å²) in [6.45, 7) is 13.1. The highest BCUT2D eigenvalue weighted by Crippen LogP contribution is 2.22. The zero-order chi connectivity index (χ0) is 21.3. The molecule has 0 unspecified atom stereocenters. The van der Waals surface area contributed by atoms with Crippen LogP contribution in [-0.4, -0.2) is 68.0 Å². The van der Waals surface area contributed by atoms with Gasteiger partial charge in [0.05, 0.1) is 5.69 Å². The average molecular weight is 407 g/mol. The second kappa shape index (κ2) is 8.52. The molecule has 1 saturated heterocycles. The van der Waals surface area contributed by atoms with E-state index in [0.717, 1.165) is 49.8 Å². The van der Waals surface area contributed by atoms with E-state index in [2.05, 4.69) is 42.6 Å². The smallest absolute Gasteiger partial charge is 0.272 e. The van der Waals surface area contributed by atoms with Crippen LogP contribution in [0, 0.1) is 5.92 Å². The Bertz CT molecular complexity index is 1020. The van der Waals surface area contributed by atoms with Crippen LogP contribution in [0.15, 0.2) is 36.5 Å². The first-order chi connectivity index (χ1) is 14.4. The molecule has 1 fully saturated rings. The number of hydrogen-bond donors (Lipinski definition) is 0. The largest absolute Gasteiger partial charge is 0.335 e. The van der Waals surface area contributed by atoms with E-state index in [1.807, 2.05) is 39.7 Å². The van der Waals surface area contributed by atoms with Gasteiger partial charge in [-0.25, -0.2) is 9.50 Å². The van der Waals surface area contributed by atoms with Gasteiger partial charge in [-0.3, -0.25) is 14.7 Å². The number of amides is 1. The van der Waals surface area contributed by atoms with E-state index in [1.165, 1.54) is 0 Å². The highest BCUT2D eigenvalue weighted by molar-refractivity contribution is 5.93. The zero-order valence-electron chi connectivity index (χ0n) is 18.2. The molecule has 3 aromatic heterocycles. The lowest BCUT2D eigenvalue weighted by Crippen LogP contribution is -2.49. The molecule has 0 saturated carbocycles. The molecule has 7 heteroatoms. The Balaban J connectivity index is 1.62. The first kappa shape index (κ1) is 20.5. The lowest BCUT2D eigenvalue weighted by molar-refractivity contribution is 0.0618. The maximum atomic E-state index is 13.2. The van der Waals surface area contributed by atoms with Crippen LogP contribution in [0.25, 0.3) is 17.0 Å². The highest BCUT2D eigenvalue weighted by Gasteiger charge is 2.25. The summed E-state index contributed by atoms with van der Waals surface area (Å²) in [6.07, 6.45) is 1.75. The van der Waals surface area contributed by atoms with Crippen molar-refractivity contribution in [2.75, 3.05) is 32.7 Å². The molecule has 0 aliphatic carbocycles. The van der Waals surface area contributed by atoms with Crippen molar-refractivity contribution in [3.63, 3.8) is 0 Å². The summed E-state index contributed by atoms with van der Waals surface area (Å²) in [5, 5.41) is 4.71. The van der Waals surface area contributed by atoms with Crippen molar-refractivity contribution in [2.45, 2.75) is 33.6 Å². The number of piperazine rings is 1. The molecule has 30 heavy (non-hydrogen) atoms. The molecule has 1 aliphatic rings. The third kappa shape index (κ3) is 4.21. The van der Waals surface area contributed by atoms with Gasteiger partial charge in [0.15, 0.2) is 5.65 Å². The van der Waals surface area contributed by atoms with Crippen LogP contribution in [0.5, 0.6) is 0 Å². The molecule has 0 spiro atoms. The van der Waals surface area contributed by atoms with Crippen LogP contribution in [-0.2, 0) is 0 Å². The molecule has 0 radical (unpaired) electrons. The van der Waals surface area contributed by atoms with Gasteiger partial charge in [0.25, 0.3) is 5.91 Å². The van der Waals surface area contributed by atoms with Crippen LogP contribution in [0.3, 0.4) is 0 Å². The summed E-state index contributed by atoms with van der Waals surface area (Å²) in [5.74, 6) is 0.852. The van der Waals surface area contributed by atoms with Crippen molar-refractivity contribution in [3.05, 3.63) is 47.9 Å². The number of pyridine rings is 1. The Morgan fingerprint density at radius 3 is 2.43 bits per heavy atom. The highest BCUT2D eigenvalue weighted by atomic mass is 16.2.